The van der Waals surface area contributed by atoms with E-state index in [-0.39, 0.29) is 18.4 Å². The Bertz CT molecular complexity index is 644. The third-order valence-corrected chi connectivity index (χ3v) is 3.74. The molecule has 1 atom stereocenters. The number of anilines is 1. The molecule has 0 radical (unpaired) electrons. The van der Waals surface area contributed by atoms with Crippen LogP contribution >= 0.6 is 12.4 Å². The largest absolute Gasteiger partial charge is 0.416 e. The highest BCUT2D eigenvalue weighted by atomic mass is 35.5. The van der Waals surface area contributed by atoms with Crippen LogP contribution in [-0.2, 0) is 12.7 Å². The van der Waals surface area contributed by atoms with Gasteiger partial charge < -0.3 is 5.73 Å². The minimum Gasteiger partial charge on any atom is -0.399 e. The monoisotopic (exact) mass is 344 g/mol. The lowest BCUT2D eigenvalue weighted by Crippen LogP contribution is -2.22. The molecule has 0 heterocycles. The molecule has 0 aliphatic rings. The molecule has 2 rings (SSSR count). The van der Waals surface area contributed by atoms with Gasteiger partial charge in [0.25, 0.3) is 0 Å². The quantitative estimate of drug-likeness (QED) is 0.799. The van der Waals surface area contributed by atoms with Gasteiger partial charge in [-0.15, -0.1) is 12.4 Å². The Hall–Kier alpha value is -1.72. The highest BCUT2D eigenvalue weighted by Crippen LogP contribution is 2.31. The Kier molecular flexibility index (Phi) is 6.47. The fourth-order valence-corrected chi connectivity index (χ4v) is 2.35. The number of halogens is 4. The maximum Gasteiger partial charge on any atom is 0.416 e. The first kappa shape index (κ1) is 19.3. The van der Waals surface area contributed by atoms with Crippen molar-refractivity contribution in [3.8, 4) is 0 Å². The van der Waals surface area contributed by atoms with Crippen molar-refractivity contribution in [2.24, 2.45) is 0 Å². The average Bonchev–Trinajstić information content (AvgIpc) is 2.45. The predicted octanol–water partition coefficient (Wildman–Crippen LogP) is 4.90. The molecule has 0 aromatic heterocycles. The molecule has 0 saturated carbocycles. The lowest BCUT2D eigenvalue weighted by Gasteiger charge is -2.26. The van der Waals surface area contributed by atoms with Crippen molar-refractivity contribution < 1.29 is 13.2 Å². The normalized spacial score (nSPS) is 12.8. The van der Waals surface area contributed by atoms with Crippen molar-refractivity contribution in [2.75, 3.05) is 12.8 Å². The van der Waals surface area contributed by atoms with Crippen LogP contribution in [0.2, 0.25) is 0 Å². The molecule has 0 spiro atoms. The summed E-state index contributed by atoms with van der Waals surface area (Å²) in [4.78, 5) is 1.99. The summed E-state index contributed by atoms with van der Waals surface area (Å²) in [7, 11) is 1.88. The highest BCUT2D eigenvalue weighted by Gasteiger charge is 2.30. The van der Waals surface area contributed by atoms with E-state index >= 15 is 0 Å². The zero-order valence-electron chi connectivity index (χ0n) is 13.0. The molecule has 0 bridgehead atoms. The molecular formula is C17H20ClF3N2. The molecule has 2 aromatic rings. The maximum absolute atomic E-state index is 12.8. The van der Waals surface area contributed by atoms with Crippen LogP contribution < -0.4 is 5.73 Å². The number of hydrogen-bond donors (Lipinski definition) is 1. The Morgan fingerprint density at radius 3 is 2.35 bits per heavy atom. The summed E-state index contributed by atoms with van der Waals surface area (Å²) in [6.45, 7) is 2.50. The van der Waals surface area contributed by atoms with Gasteiger partial charge in [0.2, 0.25) is 0 Å². The summed E-state index contributed by atoms with van der Waals surface area (Å²) in [5.74, 6) is 0. The molecule has 1 unspecified atom stereocenters. The maximum atomic E-state index is 12.8. The zero-order valence-corrected chi connectivity index (χ0v) is 13.8. The van der Waals surface area contributed by atoms with Gasteiger partial charge in [-0.1, -0.05) is 24.3 Å². The van der Waals surface area contributed by atoms with Crippen molar-refractivity contribution in [3.05, 3.63) is 65.2 Å². The summed E-state index contributed by atoms with van der Waals surface area (Å²) in [5.41, 5.74) is 7.48. The van der Waals surface area contributed by atoms with E-state index in [9.17, 15) is 13.2 Å². The van der Waals surface area contributed by atoms with E-state index in [1.807, 2.05) is 37.1 Å². The molecule has 126 valence electrons. The summed E-state index contributed by atoms with van der Waals surface area (Å²) < 4.78 is 38.4. The van der Waals surface area contributed by atoms with Crippen LogP contribution in [0.4, 0.5) is 18.9 Å². The van der Waals surface area contributed by atoms with Crippen molar-refractivity contribution in [3.63, 3.8) is 0 Å². The standard InChI is InChI=1S/C17H19F3N2.ClH/c1-12(14-6-4-7-15(10-14)17(18,19)20)22(2)11-13-5-3-8-16(21)9-13;/h3-10,12H,11,21H2,1-2H3;1H. The third-order valence-electron chi connectivity index (χ3n) is 3.74. The number of alkyl halides is 3. The first-order chi connectivity index (χ1) is 10.3. The van der Waals surface area contributed by atoms with Crippen molar-refractivity contribution in [2.45, 2.75) is 25.7 Å². The van der Waals surface area contributed by atoms with Gasteiger partial charge in [0.1, 0.15) is 0 Å². The average molecular weight is 345 g/mol. The summed E-state index contributed by atoms with van der Waals surface area (Å²) in [6.07, 6.45) is -4.32. The van der Waals surface area contributed by atoms with E-state index < -0.39 is 11.7 Å². The number of nitrogen functional groups attached to an aromatic ring is 1. The Morgan fingerprint density at radius 1 is 1.09 bits per heavy atom. The van der Waals surface area contributed by atoms with Gasteiger partial charge >= 0.3 is 6.18 Å². The number of nitrogens with two attached hydrogens (primary N) is 1. The third kappa shape index (κ3) is 5.15. The summed E-state index contributed by atoms with van der Waals surface area (Å²) in [6, 6.07) is 12.8. The second kappa shape index (κ2) is 7.70. The molecule has 2 N–H and O–H groups in total. The minimum atomic E-state index is -4.32. The molecule has 23 heavy (non-hydrogen) atoms. The summed E-state index contributed by atoms with van der Waals surface area (Å²) >= 11 is 0. The smallest absolute Gasteiger partial charge is 0.399 e. The zero-order chi connectivity index (χ0) is 16.3. The topological polar surface area (TPSA) is 29.3 Å². The van der Waals surface area contributed by atoms with Crippen LogP contribution in [0.3, 0.4) is 0 Å². The van der Waals surface area contributed by atoms with Crippen molar-refractivity contribution >= 4 is 18.1 Å². The summed E-state index contributed by atoms with van der Waals surface area (Å²) in [5, 5.41) is 0. The number of hydrogen-bond acceptors (Lipinski definition) is 2. The molecule has 0 fully saturated rings. The molecule has 6 heteroatoms. The van der Waals surface area contributed by atoms with Crippen LogP contribution in [0.25, 0.3) is 0 Å². The van der Waals surface area contributed by atoms with E-state index in [4.69, 9.17) is 5.73 Å². The van der Waals surface area contributed by atoms with E-state index in [0.717, 1.165) is 11.6 Å². The minimum absolute atomic E-state index is 0. The van der Waals surface area contributed by atoms with E-state index in [1.54, 1.807) is 12.1 Å². The number of nitrogens with zero attached hydrogens (tertiary/aromatic N) is 1. The molecule has 2 nitrogen and oxygen atoms in total. The van der Waals surface area contributed by atoms with Gasteiger partial charge in [0.15, 0.2) is 0 Å². The molecular weight excluding hydrogens is 325 g/mol. The highest BCUT2D eigenvalue weighted by molar-refractivity contribution is 5.85. The predicted molar refractivity (Wildman–Crippen MR) is 89.4 cm³/mol. The van der Waals surface area contributed by atoms with Gasteiger partial charge in [-0.05, 0) is 49.4 Å². The molecule has 2 aromatic carbocycles. The van der Waals surface area contributed by atoms with Gasteiger partial charge in [-0.2, -0.15) is 13.2 Å². The SMILES string of the molecule is CC(c1cccc(C(F)(F)F)c1)N(C)Cc1cccc(N)c1.Cl. The van der Waals surface area contributed by atoms with Gasteiger partial charge in [0, 0.05) is 18.3 Å². The molecule has 0 aliphatic carbocycles. The Balaban J connectivity index is 0.00000264. The van der Waals surface area contributed by atoms with Gasteiger partial charge in [-0.25, -0.2) is 0 Å². The van der Waals surface area contributed by atoms with Gasteiger partial charge in [-0.3, -0.25) is 4.90 Å². The van der Waals surface area contributed by atoms with E-state index in [0.29, 0.717) is 17.8 Å². The second-order valence-corrected chi connectivity index (χ2v) is 5.46. The van der Waals surface area contributed by atoms with Crippen LogP contribution in [0, 0.1) is 0 Å². The van der Waals surface area contributed by atoms with E-state index in [2.05, 4.69) is 0 Å². The molecule has 0 saturated heterocycles. The van der Waals surface area contributed by atoms with Crippen LogP contribution in [0.15, 0.2) is 48.5 Å². The van der Waals surface area contributed by atoms with E-state index in [1.165, 1.54) is 12.1 Å². The second-order valence-electron chi connectivity index (χ2n) is 5.46. The lowest BCUT2D eigenvalue weighted by atomic mass is 10.0. The molecule has 0 aliphatic heterocycles. The number of benzene rings is 2. The molecule has 0 amide bonds. The van der Waals surface area contributed by atoms with Crippen LogP contribution in [-0.4, -0.2) is 11.9 Å². The van der Waals surface area contributed by atoms with Crippen LogP contribution in [0.5, 0.6) is 0 Å². The Labute approximate surface area is 140 Å². The first-order valence-electron chi connectivity index (χ1n) is 6.99. The fourth-order valence-electron chi connectivity index (χ4n) is 2.35. The number of rotatable bonds is 4. The van der Waals surface area contributed by atoms with Crippen LogP contribution in [0.1, 0.15) is 29.7 Å². The first-order valence-corrected chi connectivity index (χ1v) is 6.99. The van der Waals surface area contributed by atoms with Gasteiger partial charge in [0.05, 0.1) is 5.56 Å². The van der Waals surface area contributed by atoms with Crippen molar-refractivity contribution in [1.82, 2.24) is 4.90 Å². The Morgan fingerprint density at radius 2 is 1.74 bits per heavy atom. The lowest BCUT2D eigenvalue weighted by molar-refractivity contribution is -0.137. The van der Waals surface area contributed by atoms with Crippen molar-refractivity contribution in [1.29, 1.82) is 0 Å². The fraction of sp³-hybridized carbons (Fsp3) is 0.294.